The highest BCUT2D eigenvalue weighted by Crippen LogP contribution is 2.44. The Morgan fingerprint density at radius 1 is 1.37 bits per heavy atom. The highest BCUT2D eigenvalue weighted by molar-refractivity contribution is 5.85. The molecular formula is C15H22N2O2. The molecule has 104 valence electrons. The van der Waals surface area contributed by atoms with E-state index in [4.69, 9.17) is 10.5 Å². The van der Waals surface area contributed by atoms with Crippen LogP contribution in [0.4, 0.5) is 10.5 Å². The molecule has 1 saturated carbocycles. The Bertz CT molecular complexity index is 499. The average molecular weight is 262 g/mol. The molecule has 0 aliphatic heterocycles. The van der Waals surface area contributed by atoms with Crippen LogP contribution in [-0.2, 0) is 10.3 Å². The van der Waals surface area contributed by atoms with Crippen molar-refractivity contribution in [2.75, 3.05) is 5.32 Å². The lowest BCUT2D eigenvalue weighted by Gasteiger charge is -2.20. The predicted octanol–water partition coefficient (Wildman–Crippen LogP) is 3.29. The number of benzene rings is 1. The van der Waals surface area contributed by atoms with Crippen molar-refractivity contribution in [3.05, 3.63) is 29.3 Å². The van der Waals surface area contributed by atoms with Gasteiger partial charge in [-0.1, -0.05) is 6.07 Å². The van der Waals surface area contributed by atoms with E-state index in [2.05, 4.69) is 5.32 Å². The number of amides is 1. The van der Waals surface area contributed by atoms with Crippen LogP contribution in [0.3, 0.4) is 0 Å². The molecular weight excluding hydrogens is 240 g/mol. The number of ether oxygens (including phenoxy) is 1. The zero-order chi connectivity index (χ0) is 14.3. The molecule has 0 spiro atoms. The van der Waals surface area contributed by atoms with Crippen LogP contribution in [0.1, 0.15) is 44.7 Å². The molecule has 4 heteroatoms. The van der Waals surface area contributed by atoms with Crippen LogP contribution in [0.25, 0.3) is 0 Å². The van der Waals surface area contributed by atoms with E-state index in [1.54, 1.807) is 0 Å². The van der Waals surface area contributed by atoms with Gasteiger partial charge in [-0.15, -0.1) is 0 Å². The van der Waals surface area contributed by atoms with Crippen molar-refractivity contribution in [3.8, 4) is 0 Å². The van der Waals surface area contributed by atoms with Gasteiger partial charge in [-0.2, -0.15) is 0 Å². The minimum Gasteiger partial charge on any atom is -0.444 e. The molecule has 1 aliphatic carbocycles. The standard InChI is InChI=1S/C15H22N2O2/c1-10-5-6-11(9-12(10)15(16)7-8-15)17-13(18)19-14(2,3)4/h5-6,9H,7-8,16H2,1-4H3,(H,17,18). The molecule has 0 radical (unpaired) electrons. The highest BCUT2D eigenvalue weighted by Gasteiger charge is 2.41. The summed E-state index contributed by atoms with van der Waals surface area (Å²) in [4.78, 5) is 11.7. The molecule has 1 aromatic rings. The van der Waals surface area contributed by atoms with Crippen molar-refractivity contribution >= 4 is 11.8 Å². The van der Waals surface area contributed by atoms with Crippen molar-refractivity contribution in [1.82, 2.24) is 0 Å². The summed E-state index contributed by atoms with van der Waals surface area (Å²) >= 11 is 0. The fourth-order valence-corrected chi connectivity index (χ4v) is 2.06. The van der Waals surface area contributed by atoms with E-state index in [1.165, 1.54) is 0 Å². The molecule has 19 heavy (non-hydrogen) atoms. The molecule has 0 bridgehead atoms. The largest absolute Gasteiger partial charge is 0.444 e. The first-order chi connectivity index (χ1) is 8.70. The first-order valence-corrected chi connectivity index (χ1v) is 6.60. The van der Waals surface area contributed by atoms with Gasteiger partial charge in [0.25, 0.3) is 0 Å². The second-order valence-corrected chi connectivity index (χ2v) is 6.31. The molecule has 0 aromatic heterocycles. The Hall–Kier alpha value is -1.55. The van der Waals surface area contributed by atoms with Gasteiger partial charge in [0.1, 0.15) is 5.60 Å². The first kappa shape index (κ1) is 13.9. The summed E-state index contributed by atoms with van der Waals surface area (Å²) in [5, 5.41) is 2.75. The molecule has 1 aliphatic rings. The minimum absolute atomic E-state index is 0.199. The predicted molar refractivity (Wildman–Crippen MR) is 76.1 cm³/mol. The number of rotatable bonds is 2. The average Bonchev–Trinajstić information content (AvgIpc) is 2.97. The molecule has 3 N–H and O–H groups in total. The van der Waals surface area contributed by atoms with E-state index in [1.807, 2.05) is 45.9 Å². The van der Waals surface area contributed by atoms with Crippen molar-refractivity contribution in [1.29, 1.82) is 0 Å². The topological polar surface area (TPSA) is 64.3 Å². The molecule has 0 atom stereocenters. The van der Waals surface area contributed by atoms with Gasteiger partial charge in [-0.3, -0.25) is 5.32 Å². The second-order valence-electron chi connectivity index (χ2n) is 6.31. The Balaban J connectivity index is 2.12. The Labute approximate surface area is 114 Å². The number of aryl methyl sites for hydroxylation is 1. The van der Waals surface area contributed by atoms with Crippen LogP contribution in [-0.4, -0.2) is 11.7 Å². The number of carbonyl (C=O) groups excluding carboxylic acids is 1. The molecule has 1 fully saturated rings. The van der Waals surface area contributed by atoms with Gasteiger partial charge in [0.15, 0.2) is 0 Å². The SMILES string of the molecule is Cc1ccc(NC(=O)OC(C)(C)C)cc1C1(N)CC1. The highest BCUT2D eigenvalue weighted by atomic mass is 16.6. The third-order valence-corrected chi connectivity index (χ3v) is 3.21. The van der Waals surface area contributed by atoms with Gasteiger partial charge in [-0.05, 0) is 63.8 Å². The molecule has 4 nitrogen and oxygen atoms in total. The second kappa shape index (κ2) is 4.53. The number of nitrogens with one attached hydrogen (secondary N) is 1. The summed E-state index contributed by atoms with van der Waals surface area (Å²) in [7, 11) is 0. The van der Waals surface area contributed by atoms with Gasteiger partial charge in [-0.25, -0.2) is 4.79 Å². The number of carbonyl (C=O) groups is 1. The van der Waals surface area contributed by atoms with E-state index in [0.717, 1.165) is 29.7 Å². The third-order valence-electron chi connectivity index (χ3n) is 3.21. The summed E-state index contributed by atoms with van der Waals surface area (Å²) in [6.07, 6.45) is 1.57. The Morgan fingerprint density at radius 2 is 2.00 bits per heavy atom. The molecule has 1 amide bonds. The monoisotopic (exact) mass is 262 g/mol. The van der Waals surface area contributed by atoms with Crippen LogP contribution in [0.2, 0.25) is 0 Å². The zero-order valence-corrected chi connectivity index (χ0v) is 12.0. The molecule has 2 rings (SSSR count). The Kier molecular flexibility index (Phi) is 3.31. The quantitative estimate of drug-likeness (QED) is 0.859. The summed E-state index contributed by atoms with van der Waals surface area (Å²) in [5.74, 6) is 0. The van der Waals surface area contributed by atoms with Crippen LogP contribution < -0.4 is 11.1 Å². The van der Waals surface area contributed by atoms with Gasteiger partial charge >= 0.3 is 6.09 Å². The normalized spacial score (nSPS) is 16.9. The van der Waals surface area contributed by atoms with Crippen molar-refractivity contribution in [2.24, 2.45) is 5.73 Å². The zero-order valence-electron chi connectivity index (χ0n) is 12.0. The number of hydrogen-bond acceptors (Lipinski definition) is 3. The van der Waals surface area contributed by atoms with Gasteiger partial charge in [0.05, 0.1) is 0 Å². The maximum atomic E-state index is 11.7. The van der Waals surface area contributed by atoms with E-state index < -0.39 is 11.7 Å². The van der Waals surface area contributed by atoms with Crippen LogP contribution in [0, 0.1) is 6.92 Å². The number of anilines is 1. The summed E-state index contributed by atoms with van der Waals surface area (Å²) in [6, 6.07) is 5.80. The van der Waals surface area contributed by atoms with Gasteiger partial charge < -0.3 is 10.5 Å². The van der Waals surface area contributed by atoms with Crippen LogP contribution >= 0.6 is 0 Å². The molecule has 0 saturated heterocycles. The lowest BCUT2D eigenvalue weighted by Crippen LogP contribution is -2.27. The Morgan fingerprint density at radius 3 is 2.53 bits per heavy atom. The molecule has 0 unspecified atom stereocenters. The maximum Gasteiger partial charge on any atom is 0.412 e. The van der Waals surface area contributed by atoms with Gasteiger partial charge in [0, 0.05) is 11.2 Å². The third kappa shape index (κ3) is 3.47. The summed E-state index contributed by atoms with van der Waals surface area (Å²) < 4.78 is 5.23. The number of nitrogens with two attached hydrogens (primary N) is 1. The van der Waals surface area contributed by atoms with E-state index in [-0.39, 0.29) is 5.54 Å². The fourth-order valence-electron chi connectivity index (χ4n) is 2.06. The lowest BCUT2D eigenvalue weighted by molar-refractivity contribution is 0.0636. The van der Waals surface area contributed by atoms with E-state index in [0.29, 0.717) is 0 Å². The summed E-state index contributed by atoms with van der Waals surface area (Å²) in [6.45, 7) is 7.56. The maximum absolute atomic E-state index is 11.7. The van der Waals surface area contributed by atoms with Crippen LogP contribution in [0.15, 0.2) is 18.2 Å². The van der Waals surface area contributed by atoms with E-state index in [9.17, 15) is 4.79 Å². The lowest BCUT2D eigenvalue weighted by atomic mass is 9.99. The van der Waals surface area contributed by atoms with Crippen molar-refractivity contribution in [2.45, 2.75) is 51.7 Å². The first-order valence-electron chi connectivity index (χ1n) is 6.60. The van der Waals surface area contributed by atoms with Crippen LogP contribution in [0.5, 0.6) is 0 Å². The molecule has 0 heterocycles. The molecule has 1 aromatic carbocycles. The number of hydrogen-bond donors (Lipinski definition) is 2. The minimum atomic E-state index is -0.497. The smallest absolute Gasteiger partial charge is 0.412 e. The van der Waals surface area contributed by atoms with E-state index >= 15 is 0 Å². The van der Waals surface area contributed by atoms with Crippen molar-refractivity contribution in [3.63, 3.8) is 0 Å². The summed E-state index contributed by atoms with van der Waals surface area (Å²) in [5.41, 5.74) is 8.53. The van der Waals surface area contributed by atoms with Gasteiger partial charge in [0.2, 0.25) is 0 Å². The van der Waals surface area contributed by atoms with Crippen molar-refractivity contribution < 1.29 is 9.53 Å². The fraction of sp³-hybridized carbons (Fsp3) is 0.533.